The van der Waals surface area contributed by atoms with Gasteiger partial charge in [0.2, 0.25) is 5.95 Å². The molecule has 0 aromatic carbocycles. The molecule has 1 aliphatic rings. The zero-order chi connectivity index (χ0) is 12.0. The van der Waals surface area contributed by atoms with Crippen LogP contribution in [0, 0.1) is 5.92 Å². The molecule has 0 amide bonds. The monoisotopic (exact) mass is 249 g/mol. The number of aromatic nitrogens is 2. The molecule has 4 nitrogen and oxygen atoms in total. The maximum Gasteiger partial charge on any atom is 0.226 e. The first-order valence-electron chi connectivity index (χ1n) is 5.76. The van der Waals surface area contributed by atoms with Gasteiger partial charge in [0.1, 0.15) is 10.4 Å². The van der Waals surface area contributed by atoms with Gasteiger partial charge in [-0.1, -0.05) is 13.8 Å². The zero-order valence-corrected chi connectivity index (χ0v) is 10.7. The average Bonchev–Trinajstić information content (AvgIpc) is 2.71. The average molecular weight is 249 g/mol. The van der Waals surface area contributed by atoms with Gasteiger partial charge in [-0.05, 0) is 17.4 Å². The SMILES string of the molecule is CC(C)C1(O)CN(c2ncc3ccsc3n2)C1. The van der Waals surface area contributed by atoms with E-state index >= 15 is 0 Å². The molecule has 0 saturated carbocycles. The van der Waals surface area contributed by atoms with Crippen LogP contribution < -0.4 is 4.90 Å². The Morgan fingerprint density at radius 1 is 1.47 bits per heavy atom. The highest BCUT2D eigenvalue weighted by Crippen LogP contribution is 2.31. The molecule has 0 aliphatic carbocycles. The maximum atomic E-state index is 10.2. The molecule has 2 aromatic heterocycles. The molecule has 2 aromatic rings. The van der Waals surface area contributed by atoms with Crippen LogP contribution in [0.5, 0.6) is 0 Å². The minimum Gasteiger partial charge on any atom is -0.386 e. The lowest BCUT2D eigenvalue weighted by atomic mass is 9.83. The second-order valence-electron chi connectivity index (χ2n) is 4.97. The Labute approximate surface area is 104 Å². The van der Waals surface area contributed by atoms with Crippen molar-refractivity contribution in [1.82, 2.24) is 9.97 Å². The van der Waals surface area contributed by atoms with Gasteiger partial charge in [0.25, 0.3) is 0 Å². The molecular formula is C12H15N3OS. The number of anilines is 1. The van der Waals surface area contributed by atoms with Crippen LogP contribution in [0.2, 0.25) is 0 Å². The lowest BCUT2D eigenvalue weighted by molar-refractivity contribution is -0.0308. The molecule has 1 fully saturated rings. The number of nitrogens with zero attached hydrogens (tertiary/aromatic N) is 3. The summed E-state index contributed by atoms with van der Waals surface area (Å²) < 4.78 is 0. The Morgan fingerprint density at radius 2 is 2.24 bits per heavy atom. The lowest BCUT2D eigenvalue weighted by Gasteiger charge is -2.48. The molecule has 90 valence electrons. The van der Waals surface area contributed by atoms with E-state index in [2.05, 4.69) is 9.97 Å². The van der Waals surface area contributed by atoms with Crippen LogP contribution in [0.15, 0.2) is 17.6 Å². The molecule has 1 N–H and O–H groups in total. The van der Waals surface area contributed by atoms with Crippen molar-refractivity contribution in [3.8, 4) is 0 Å². The Bertz CT molecular complexity index is 545. The molecule has 1 saturated heterocycles. The number of hydrogen-bond donors (Lipinski definition) is 1. The summed E-state index contributed by atoms with van der Waals surface area (Å²) in [5.74, 6) is 0.995. The molecule has 17 heavy (non-hydrogen) atoms. The van der Waals surface area contributed by atoms with E-state index in [1.807, 2.05) is 36.4 Å². The first-order chi connectivity index (χ1) is 8.08. The van der Waals surface area contributed by atoms with E-state index in [9.17, 15) is 5.11 Å². The number of hydrogen-bond acceptors (Lipinski definition) is 5. The van der Waals surface area contributed by atoms with E-state index in [-0.39, 0.29) is 5.92 Å². The summed E-state index contributed by atoms with van der Waals surface area (Å²) in [7, 11) is 0. The second-order valence-corrected chi connectivity index (χ2v) is 5.86. The van der Waals surface area contributed by atoms with Crippen LogP contribution in [0.1, 0.15) is 13.8 Å². The zero-order valence-electron chi connectivity index (χ0n) is 9.92. The van der Waals surface area contributed by atoms with Crippen LogP contribution in [0.3, 0.4) is 0 Å². The predicted octanol–water partition coefficient (Wildman–Crippen LogP) is 1.90. The number of rotatable bonds is 2. The van der Waals surface area contributed by atoms with Gasteiger partial charge in [0, 0.05) is 11.6 Å². The third-order valence-electron chi connectivity index (χ3n) is 3.48. The summed E-state index contributed by atoms with van der Waals surface area (Å²) in [6.07, 6.45) is 1.85. The Kier molecular flexibility index (Phi) is 2.34. The van der Waals surface area contributed by atoms with Gasteiger partial charge in [0.05, 0.1) is 13.1 Å². The first kappa shape index (κ1) is 10.9. The number of aliphatic hydroxyl groups is 1. The first-order valence-corrected chi connectivity index (χ1v) is 6.64. The standard InChI is InChI=1S/C12H15N3OS/c1-8(2)12(16)6-15(7-12)11-13-5-9-3-4-17-10(9)14-11/h3-5,8,16H,6-7H2,1-2H3. The highest BCUT2D eigenvalue weighted by molar-refractivity contribution is 7.16. The molecule has 0 bridgehead atoms. The van der Waals surface area contributed by atoms with Crippen molar-refractivity contribution in [1.29, 1.82) is 0 Å². The van der Waals surface area contributed by atoms with Crippen molar-refractivity contribution in [2.24, 2.45) is 5.92 Å². The lowest BCUT2D eigenvalue weighted by Crippen LogP contribution is -2.65. The van der Waals surface area contributed by atoms with Gasteiger partial charge in [-0.3, -0.25) is 0 Å². The maximum absolute atomic E-state index is 10.2. The summed E-state index contributed by atoms with van der Waals surface area (Å²) in [6, 6.07) is 2.02. The van der Waals surface area contributed by atoms with E-state index in [4.69, 9.17) is 0 Å². The summed E-state index contributed by atoms with van der Waals surface area (Å²) in [5.41, 5.74) is -0.576. The van der Waals surface area contributed by atoms with Crippen LogP contribution in [0.25, 0.3) is 10.2 Å². The van der Waals surface area contributed by atoms with Gasteiger partial charge in [-0.25, -0.2) is 9.97 Å². The van der Waals surface area contributed by atoms with Crippen molar-refractivity contribution < 1.29 is 5.11 Å². The molecule has 0 atom stereocenters. The topological polar surface area (TPSA) is 49.2 Å². The highest BCUT2D eigenvalue weighted by atomic mass is 32.1. The Hall–Kier alpha value is -1.20. The minimum absolute atomic E-state index is 0.268. The minimum atomic E-state index is -0.576. The summed E-state index contributed by atoms with van der Waals surface area (Å²) in [6.45, 7) is 5.34. The van der Waals surface area contributed by atoms with Crippen molar-refractivity contribution in [3.05, 3.63) is 17.6 Å². The normalized spacial score (nSPS) is 18.7. The fourth-order valence-corrected chi connectivity index (χ4v) is 2.76. The van der Waals surface area contributed by atoms with Gasteiger partial charge >= 0.3 is 0 Å². The molecule has 3 heterocycles. The van der Waals surface area contributed by atoms with Crippen molar-refractivity contribution >= 4 is 27.5 Å². The smallest absolute Gasteiger partial charge is 0.226 e. The van der Waals surface area contributed by atoms with Gasteiger partial charge in [-0.2, -0.15) is 0 Å². The van der Waals surface area contributed by atoms with E-state index < -0.39 is 5.60 Å². The molecule has 5 heteroatoms. The van der Waals surface area contributed by atoms with Crippen LogP contribution in [0.4, 0.5) is 5.95 Å². The van der Waals surface area contributed by atoms with Crippen molar-refractivity contribution in [3.63, 3.8) is 0 Å². The molecule has 0 spiro atoms. The fourth-order valence-electron chi connectivity index (χ4n) is 2.02. The second kappa shape index (κ2) is 3.65. The fraction of sp³-hybridized carbons (Fsp3) is 0.500. The third-order valence-corrected chi connectivity index (χ3v) is 4.30. The van der Waals surface area contributed by atoms with Gasteiger partial charge in [0.15, 0.2) is 0 Å². The van der Waals surface area contributed by atoms with E-state index in [1.54, 1.807) is 11.3 Å². The van der Waals surface area contributed by atoms with Crippen LogP contribution >= 0.6 is 11.3 Å². The quantitative estimate of drug-likeness (QED) is 0.883. The Morgan fingerprint density at radius 3 is 2.94 bits per heavy atom. The van der Waals surface area contributed by atoms with Crippen LogP contribution in [-0.2, 0) is 0 Å². The molecule has 0 radical (unpaired) electrons. The van der Waals surface area contributed by atoms with Crippen molar-refractivity contribution in [2.45, 2.75) is 19.4 Å². The third kappa shape index (κ3) is 1.70. The number of thiophene rings is 1. The van der Waals surface area contributed by atoms with Crippen LogP contribution in [-0.4, -0.2) is 33.8 Å². The van der Waals surface area contributed by atoms with Crippen molar-refractivity contribution in [2.75, 3.05) is 18.0 Å². The van der Waals surface area contributed by atoms with E-state index in [1.165, 1.54) is 0 Å². The van der Waals surface area contributed by atoms with E-state index in [0.717, 1.165) is 16.2 Å². The largest absolute Gasteiger partial charge is 0.386 e. The van der Waals surface area contributed by atoms with Gasteiger partial charge in [-0.15, -0.1) is 11.3 Å². The molecule has 3 rings (SSSR count). The highest BCUT2D eigenvalue weighted by Gasteiger charge is 2.44. The number of β-amino-alcohol motifs (C(OH)–C–C–N with tert-alkyl or cyclic N) is 1. The van der Waals surface area contributed by atoms with Gasteiger partial charge < -0.3 is 10.0 Å². The molecular weight excluding hydrogens is 234 g/mol. The van der Waals surface area contributed by atoms with E-state index in [0.29, 0.717) is 13.1 Å². The summed E-state index contributed by atoms with van der Waals surface area (Å²) >= 11 is 1.62. The Balaban J connectivity index is 1.82. The predicted molar refractivity (Wildman–Crippen MR) is 69.4 cm³/mol. The molecule has 0 unspecified atom stereocenters. The number of fused-ring (bicyclic) bond motifs is 1. The summed E-state index contributed by atoms with van der Waals surface area (Å²) in [4.78, 5) is 11.9. The summed E-state index contributed by atoms with van der Waals surface area (Å²) in [5, 5.41) is 13.3. The molecule has 1 aliphatic heterocycles.